The fourth-order valence-electron chi connectivity index (χ4n) is 5.45. The Bertz CT molecular complexity index is 749. The van der Waals surface area contributed by atoms with E-state index >= 15 is 0 Å². The molecule has 0 amide bonds. The van der Waals surface area contributed by atoms with Gasteiger partial charge in [-0.25, -0.2) is 0 Å². The van der Waals surface area contributed by atoms with Gasteiger partial charge in [0.25, 0.3) is 0 Å². The minimum absolute atomic E-state index is 0.472. The molecule has 152 valence electrons. The molecule has 31 heavy (non-hydrogen) atoms. The quantitative estimate of drug-likeness (QED) is 0.361. The second-order valence-electron chi connectivity index (χ2n) is 8.08. The number of hydrogen-bond acceptors (Lipinski definition) is 0. The molecule has 0 aromatic carbocycles. The van der Waals surface area contributed by atoms with Gasteiger partial charge in [-0.2, -0.15) is 0 Å². The van der Waals surface area contributed by atoms with Crippen molar-refractivity contribution in [1.82, 2.24) is 0 Å². The normalized spacial score (nSPS) is 30.4. The third-order valence-corrected chi connectivity index (χ3v) is 6.65. The maximum absolute atomic E-state index is 4.93. The summed E-state index contributed by atoms with van der Waals surface area (Å²) in [7, 11) is 9.87. The minimum atomic E-state index is -0.826. The van der Waals surface area contributed by atoms with E-state index in [0.29, 0.717) is 11.8 Å². The van der Waals surface area contributed by atoms with E-state index in [0.717, 1.165) is 6.42 Å². The summed E-state index contributed by atoms with van der Waals surface area (Å²) in [6.45, 7) is 0. The van der Waals surface area contributed by atoms with Gasteiger partial charge >= 0.3 is 37.9 Å². The van der Waals surface area contributed by atoms with Crippen molar-refractivity contribution in [3.05, 3.63) is 145 Å². The monoisotopic (exact) mass is 518 g/mol. The molecule has 6 aliphatic carbocycles. The molecular formula is C28H22Cl2Zr. The van der Waals surface area contributed by atoms with Gasteiger partial charge in [-0.05, 0) is 30.6 Å². The van der Waals surface area contributed by atoms with Crippen LogP contribution >= 0.6 is 17.0 Å². The fourth-order valence-corrected chi connectivity index (χ4v) is 5.45. The molecule has 8 radical (unpaired) electrons. The first-order valence-electron chi connectivity index (χ1n) is 10.6. The topological polar surface area (TPSA) is 0 Å². The Hall–Kier alpha value is -0.617. The Balaban J connectivity index is 0.000000646. The Kier molecular flexibility index (Phi) is 7.24. The molecule has 0 spiro atoms. The van der Waals surface area contributed by atoms with Crippen molar-refractivity contribution in [2.45, 2.75) is 12.8 Å². The van der Waals surface area contributed by atoms with E-state index in [1.54, 1.807) is 5.92 Å². The van der Waals surface area contributed by atoms with E-state index in [2.05, 4.69) is 97.2 Å². The van der Waals surface area contributed by atoms with E-state index < -0.39 is 20.8 Å². The summed E-state index contributed by atoms with van der Waals surface area (Å²) in [5, 5.41) is 0. The summed E-state index contributed by atoms with van der Waals surface area (Å²) in [5.41, 5.74) is 0. The molecule has 3 heteroatoms. The molecule has 0 nitrogen and oxygen atoms in total. The third-order valence-electron chi connectivity index (χ3n) is 6.65. The molecule has 2 unspecified atom stereocenters. The zero-order valence-corrected chi connectivity index (χ0v) is 21.0. The molecule has 0 N–H and O–H groups in total. The first kappa shape index (κ1) is 22.2. The Morgan fingerprint density at radius 2 is 1.13 bits per heavy atom. The first-order valence-corrected chi connectivity index (χ1v) is 17.0. The Morgan fingerprint density at radius 1 is 0.613 bits per heavy atom. The van der Waals surface area contributed by atoms with Crippen molar-refractivity contribution >= 4 is 17.0 Å². The van der Waals surface area contributed by atoms with Crippen LogP contribution in [0.1, 0.15) is 12.8 Å². The van der Waals surface area contributed by atoms with Crippen LogP contribution in [-0.4, -0.2) is 0 Å². The van der Waals surface area contributed by atoms with Crippen molar-refractivity contribution in [2.24, 2.45) is 11.8 Å². The standard InChI is InChI=1S/C28H22.2ClH.Zr/c1-5-13-23-19(9-1)20-10-2-6-14-24(20)27(23)17-18-28-25-15-7-3-11-21(25)22-12-4-8-16-26(22)28;;;/h1-16,19,27H,17-18H2;2*1H;/q;;;+2/p-2. The SMILES string of the molecule is C1=C[C]2[C]3C=CC=C[C]3[C](CCC3[C]4C=CC=C[C]4C4C=CC=C[C]43)[C]2C=C1.[Cl][Zr][Cl]. The van der Waals surface area contributed by atoms with Crippen LogP contribution in [0, 0.1) is 59.2 Å². The molecule has 6 aliphatic rings. The predicted molar refractivity (Wildman–Crippen MR) is 127 cm³/mol. The summed E-state index contributed by atoms with van der Waals surface area (Å²) >= 11 is -0.826. The van der Waals surface area contributed by atoms with Crippen LogP contribution in [0.4, 0.5) is 0 Å². The van der Waals surface area contributed by atoms with Crippen molar-refractivity contribution in [1.29, 1.82) is 0 Å². The van der Waals surface area contributed by atoms with E-state index in [9.17, 15) is 0 Å². The van der Waals surface area contributed by atoms with Gasteiger partial charge in [-0.1, -0.05) is 97.2 Å². The van der Waals surface area contributed by atoms with Crippen LogP contribution in [0.2, 0.25) is 0 Å². The molecule has 0 aromatic heterocycles. The summed E-state index contributed by atoms with van der Waals surface area (Å²) in [5.74, 6) is 12.8. The van der Waals surface area contributed by atoms with E-state index in [1.165, 1.54) is 47.8 Å². The molecule has 2 atom stereocenters. The second kappa shape index (κ2) is 10.1. The number of allylic oxidation sites excluding steroid dienone is 16. The summed E-state index contributed by atoms with van der Waals surface area (Å²) in [4.78, 5) is 0. The zero-order valence-electron chi connectivity index (χ0n) is 17.1. The van der Waals surface area contributed by atoms with Gasteiger partial charge in [0.2, 0.25) is 0 Å². The number of fused-ring (bicyclic) bond motifs is 6. The maximum atomic E-state index is 4.93. The van der Waals surface area contributed by atoms with Crippen molar-refractivity contribution in [3.63, 3.8) is 0 Å². The van der Waals surface area contributed by atoms with Crippen LogP contribution < -0.4 is 0 Å². The van der Waals surface area contributed by atoms with Crippen molar-refractivity contribution < 1.29 is 20.8 Å². The molecular weight excluding hydrogens is 498 g/mol. The van der Waals surface area contributed by atoms with Gasteiger partial charge in [-0.3, -0.25) is 0 Å². The van der Waals surface area contributed by atoms with Crippen molar-refractivity contribution in [3.8, 4) is 0 Å². The predicted octanol–water partition coefficient (Wildman–Crippen LogP) is 7.50. The van der Waals surface area contributed by atoms with E-state index in [4.69, 9.17) is 17.0 Å². The van der Waals surface area contributed by atoms with E-state index in [-0.39, 0.29) is 0 Å². The number of hydrogen-bond donors (Lipinski definition) is 0. The van der Waals surface area contributed by atoms with Crippen LogP contribution in [0.3, 0.4) is 0 Å². The summed E-state index contributed by atoms with van der Waals surface area (Å²) in [6, 6.07) is 0. The zero-order chi connectivity index (χ0) is 21.2. The molecule has 2 saturated carbocycles. The van der Waals surface area contributed by atoms with Crippen LogP contribution in [0.25, 0.3) is 0 Å². The second-order valence-corrected chi connectivity index (χ2v) is 11.8. The van der Waals surface area contributed by atoms with Gasteiger partial charge in [0.05, 0.1) is 0 Å². The average Bonchev–Trinajstić information content (AvgIpc) is 3.31. The fraction of sp³-hybridized carbons (Fsp3) is 0.143. The number of rotatable bonds is 3. The molecule has 0 saturated heterocycles. The van der Waals surface area contributed by atoms with Gasteiger partial charge in [0, 0.05) is 41.4 Å². The van der Waals surface area contributed by atoms with Crippen molar-refractivity contribution in [2.75, 3.05) is 0 Å². The molecule has 0 aromatic rings. The Morgan fingerprint density at radius 3 is 1.77 bits per heavy atom. The first-order chi connectivity index (χ1) is 15.3. The molecule has 2 fully saturated rings. The summed E-state index contributed by atoms with van der Waals surface area (Å²) < 4.78 is 0. The Labute approximate surface area is 205 Å². The average molecular weight is 521 g/mol. The summed E-state index contributed by atoms with van der Waals surface area (Å²) in [6.07, 6.45) is 38.2. The van der Waals surface area contributed by atoms with Gasteiger partial charge < -0.3 is 0 Å². The van der Waals surface area contributed by atoms with Crippen LogP contribution in [0.15, 0.2) is 97.2 Å². The van der Waals surface area contributed by atoms with Crippen LogP contribution in [-0.2, 0) is 20.8 Å². The van der Waals surface area contributed by atoms with Gasteiger partial charge in [-0.15, -0.1) is 0 Å². The van der Waals surface area contributed by atoms with E-state index in [1.807, 2.05) is 0 Å². The third kappa shape index (κ3) is 4.21. The van der Waals surface area contributed by atoms with Gasteiger partial charge in [0.15, 0.2) is 0 Å². The number of halogens is 2. The molecule has 0 heterocycles. The molecule has 0 bridgehead atoms. The van der Waals surface area contributed by atoms with Crippen LogP contribution in [0.5, 0.6) is 0 Å². The molecule has 6 rings (SSSR count). The molecule has 0 aliphatic heterocycles. The van der Waals surface area contributed by atoms with Gasteiger partial charge in [0.1, 0.15) is 0 Å².